The molecule has 1 aliphatic rings. The van der Waals surface area contributed by atoms with Crippen LogP contribution >= 0.6 is 43.5 Å². The molecule has 0 amide bonds. The smallest absolute Gasteiger partial charge is 0.125 e. The van der Waals surface area contributed by atoms with E-state index in [1.807, 2.05) is 30.3 Å². The maximum atomic E-state index is 6.31. The molecule has 1 unspecified atom stereocenters. The monoisotopic (exact) mass is 429 g/mol. The third-order valence-corrected chi connectivity index (χ3v) is 4.81. The van der Waals surface area contributed by atoms with Gasteiger partial charge in [-0.15, -0.1) is 0 Å². The van der Waals surface area contributed by atoms with E-state index in [-0.39, 0.29) is 6.04 Å². The fraction of sp³-hybridized carbons (Fsp3) is 0.250. The predicted octanol–water partition coefficient (Wildman–Crippen LogP) is 6.19. The summed E-state index contributed by atoms with van der Waals surface area (Å²) in [6.07, 6.45) is 2.03. The Morgan fingerprint density at radius 2 is 1.86 bits per heavy atom. The van der Waals surface area contributed by atoms with Gasteiger partial charge in [-0.05, 0) is 43.2 Å². The Morgan fingerprint density at radius 1 is 1.10 bits per heavy atom. The zero-order valence-electron chi connectivity index (χ0n) is 11.2. The van der Waals surface area contributed by atoms with Crippen molar-refractivity contribution in [2.24, 2.45) is 0 Å². The van der Waals surface area contributed by atoms with Crippen LogP contribution in [0.2, 0.25) is 5.02 Å². The lowest BCUT2D eigenvalue weighted by atomic mass is 10.0. The molecule has 0 aromatic heterocycles. The van der Waals surface area contributed by atoms with E-state index in [4.69, 9.17) is 16.3 Å². The van der Waals surface area contributed by atoms with Crippen LogP contribution in [0.4, 0.5) is 5.69 Å². The van der Waals surface area contributed by atoms with E-state index in [0.717, 1.165) is 39.8 Å². The SMILES string of the molecule is Clc1cc(Br)ccc1NC1CCCOc2cc(Br)ccc21. The Kier molecular flexibility index (Phi) is 4.77. The third kappa shape index (κ3) is 3.55. The third-order valence-electron chi connectivity index (χ3n) is 3.51. The minimum atomic E-state index is 0.203. The van der Waals surface area contributed by atoms with Crippen molar-refractivity contribution in [3.8, 4) is 5.75 Å². The van der Waals surface area contributed by atoms with Crippen molar-refractivity contribution in [3.05, 3.63) is 55.9 Å². The van der Waals surface area contributed by atoms with Gasteiger partial charge in [-0.3, -0.25) is 0 Å². The number of fused-ring (bicyclic) bond motifs is 1. The summed E-state index contributed by atoms with van der Waals surface area (Å²) in [5.41, 5.74) is 2.12. The van der Waals surface area contributed by atoms with Crippen molar-refractivity contribution >= 4 is 49.1 Å². The minimum Gasteiger partial charge on any atom is -0.493 e. The fourth-order valence-corrected chi connectivity index (χ4v) is 3.56. The largest absolute Gasteiger partial charge is 0.493 e. The Balaban J connectivity index is 1.92. The van der Waals surface area contributed by atoms with Gasteiger partial charge >= 0.3 is 0 Å². The van der Waals surface area contributed by atoms with E-state index < -0.39 is 0 Å². The first-order valence-corrected chi connectivity index (χ1v) is 8.74. The molecular formula is C16H14Br2ClNO. The molecule has 0 saturated carbocycles. The Bertz CT molecular complexity index is 663. The van der Waals surface area contributed by atoms with Gasteiger partial charge in [0, 0.05) is 14.5 Å². The number of nitrogens with one attached hydrogen (secondary N) is 1. The zero-order valence-corrected chi connectivity index (χ0v) is 15.1. The molecule has 0 radical (unpaired) electrons. The van der Waals surface area contributed by atoms with Crippen molar-refractivity contribution in [2.45, 2.75) is 18.9 Å². The molecule has 1 heterocycles. The van der Waals surface area contributed by atoms with Gasteiger partial charge in [-0.2, -0.15) is 0 Å². The first kappa shape index (κ1) is 15.2. The van der Waals surface area contributed by atoms with Crippen LogP contribution in [0.15, 0.2) is 45.3 Å². The summed E-state index contributed by atoms with van der Waals surface area (Å²) in [5.74, 6) is 0.938. The van der Waals surface area contributed by atoms with Crippen LogP contribution in [0.25, 0.3) is 0 Å². The van der Waals surface area contributed by atoms with Crippen LogP contribution in [-0.2, 0) is 0 Å². The highest BCUT2D eigenvalue weighted by atomic mass is 79.9. The van der Waals surface area contributed by atoms with Crippen LogP contribution < -0.4 is 10.1 Å². The van der Waals surface area contributed by atoms with E-state index in [0.29, 0.717) is 5.02 Å². The first-order valence-electron chi connectivity index (χ1n) is 6.77. The Hall–Kier alpha value is -0.710. The molecule has 1 atom stereocenters. The van der Waals surface area contributed by atoms with Gasteiger partial charge in [0.1, 0.15) is 5.75 Å². The number of hydrogen-bond donors (Lipinski definition) is 1. The topological polar surface area (TPSA) is 21.3 Å². The average molecular weight is 432 g/mol. The molecule has 0 saturated heterocycles. The predicted molar refractivity (Wildman–Crippen MR) is 94.4 cm³/mol. The fourth-order valence-electron chi connectivity index (χ4n) is 2.49. The molecule has 0 fully saturated rings. The lowest BCUT2D eigenvalue weighted by molar-refractivity contribution is 0.316. The maximum absolute atomic E-state index is 6.31. The molecule has 2 aromatic rings. The summed E-state index contributed by atoms with van der Waals surface area (Å²) in [7, 11) is 0. The highest BCUT2D eigenvalue weighted by Crippen LogP contribution is 2.37. The highest BCUT2D eigenvalue weighted by molar-refractivity contribution is 9.10. The summed E-state index contributed by atoms with van der Waals surface area (Å²) >= 11 is 13.2. The molecule has 0 bridgehead atoms. The molecule has 21 heavy (non-hydrogen) atoms. The maximum Gasteiger partial charge on any atom is 0.125 e. The van der Waals surface area contributed by atoms with Crippen LogP contribution in [-0.4, -0.2) is 6.61 Å². The molecule has 0 spiro atoms. The summed E-state index contributed by atoms with van der Waals surface area (Å²) < 4.78 is 7.85. The zero-order chi connectivity index (χ0) is 14.8. The lowest BCUT2D eigenvalue weighted by Crippen LogP contribution is -2.10. The van der Waals surface area contributed by atoms with Crippen LogP contribution in [0.5, 0.6) is 5.75 Å². The molecule has 3 rings (SSSR count). The number of benzene rings is 2. The summed E-state index contributed by atoms with van der Waals surface area (Å²) in [6.45, 7) is 0.746. The van der Waals surface area contributed by atoms with Gasteiger partial charge < -0.3 is 10.1 Å². The summed E-state index contributed by atoms with van der Waals surface area (Å²) in [4.78, 5) is 0. The quantitative estimate of drug-likeness (QED) is 0.612. The highest BCUT2D eigenvalue weighted by Gasteiger charge is 2.20. The average Bonchev–Trinajstić information content (AvgIpc) is 2.64. The molecule has 1 aliphatic heterocycles. The van der Waals surface area contributed by atoms with Gasteiger partial charge in [0.25, 0.3) is 0 Å². The van der Waals surface area contributed by atoms with Crippen LogP contribution in [0.3, 0.4) is 0 Å². The van der Waals surface area contributed by atoms with E-state index in [1.165, 1.54) is 5.56 Å². The summed E-state index contributed by atoms with van der Waals surface area (Å²) in [6, 6.07) is 12.3. The minimum absolute atomic E-state index is 0.203. The number of halogens is 3. The normalized spacial score (nSPS) is 17.6. The van der Waals surface area contributed by atoms with Crippen molar-refractivity contribution in [3.63, 3.8) is 0 Å². The molecule has 0 aliphatic carbocycles. The second kappa shape index (κ2) is 6.59. The van der Waals surface area contributed by atoms with E-state index in [9.17, 15) is 0 Å². The number of hydrogen-bond acceptors (Lipinski definition) is 2. The van der Waals surface area contributed by atoms with Crippen molar-refractivity contribution in [2.75, 3.05) is 11.9 Å². The van der Waals surface area contributed by atoms with E-state index in [1.54, 1.807) is 0 Å². The van der Waals surface area contributed by atoms with Gasteiger partial charge in [0.05, 0.1) is 23.4 Å². The van der Waals surface area contributed by atoms with E-state index in [2.05, 4.69) is 43.2 Å². The number of ether oxygens (including phenoxy) is 1. The summed E-state index contributed by atoms with van der Waals surface area (Å²) in [5, 5.41) is 4.26. The van der Waals surface area contributed by atoms with Gasteiger partial charge in [0.2, 0.25) is 0 Å². The van der Waals surface area contributed by atoms with Gasteiger partial charge in [-0.1, -0.05) is 49.5 Å². The second-order valence-electron chi connectivity index (χ2n) is 4.99. The van der Waals surface area contributed by atoms with Crippen molar-refractivity contribution in [1.29, 1.82) is 0 Å². The molecular weight excluding hydrogens is 417 g/mol. The lowest BCUT2D eigenvalue weighted by Gasteiger charge is -2.20. The number of rotatable bonds is 2. The number of anilines is 1. The van der Waals surface area contributed by atoms with Crippen LogP contribution in [0, 0.1) is 0 Å². The standard InChI is InChI=1S/C16H14Br2ClNO/c17-10-4-6-15(13(19)8-10)20-14-2-1-7-21-16-9-11(18)3-5-12(14)16/h3-6,8-9,14,20H,1-2,7H2. The van der Waals surface area contributed by atoms with Crippen molar-refractivity contribution in [1.82, 2.24) is 0 Å². The van der Waals surface area contributed by atoms with Gasteiger partial charge in [0.15, 0.2) is 0 Å². The molecule has 2 nitrogen and oxygen atoms in total. The van der Waals surface area contributed by atoms with Gasteiger partial charge in [-0.25, -0.2) is 0 Å². The second-order valence-corrected chi connectivity index (χ2v) is 7.23. The van der Waals surface area contributed by atoms with Crippen molar-refractivity contribution < 1.29 is 4.74 Å². The van der Waals surface area contributed by atoms with E-state index >= 15 is 0 Å². The molecule has 5 heteroatoms. The molecule has 2 aromatic carbocycles. The van der Waals surface area contributed by atoms with Crippen LogP contribution in [0.1, 0.15) is 24.4 Å². The Labute approximate surface area is 146 Å². The molecule has 1 N–H and O–H groups in total. The first-order chi connectivity index (χ1) is 10.1. The molecule has 110 valence electrons. The Morgan fingerprint density at radius 3 is 2.67 bits per heavy atom.